The predicted molar refractivity (Wildman–Crippen MR) is 96.0 cm³/mol. The van der Waals surface area contributed by atoms with Crippen molar-refractivity contribution in [1.82, 2.24) is 5.32 Å². The third-order valence-corrected chi connectivity index (χ3v) is 4.09. The Kier molecular flexibility index (Phi) is 4.40. The van der Waals surface area contributed by atoms with E-state index in [1.165, 1.54) is 5.56 Å². The lowest BCUT2D eigenvalue weighted by Gasteiger charge is -2.11. The van der Waals surface area contributed by atoms with Gasteiger partial charge < -0.3 is 5.32 Å². The number of urea groups is 1. The maximum absolute atomic E-state index is 12.5. The highest BCUT2D eigenvalue weighted by Gasteiger charge is 2.34. The van der Waals surface area contributed by atoms with Crippen molar-refractivity contribution in [3.05, 3.63) is 70.4 Å². The van der Waals surface area contributed by atoms with Crippen molar-refractivity contribution in [3.8, 4) is 0 Å². The quantitative estimate of drug-likeness (QED) is 0.657. The van der Waals surface area contributed by atoms with E-state index in [2.05, 4.69) is 19.2 Å². The number of nitrogens with zero attached hydrogens (tertiary/aromatic N) is 1. The molecule has 0 unspecified atom stereocenters. The highest BCUT2D eigenvalue weighted by molar-refractivity contribution is 6.32. The van der Waals surface area contributed by atoms with E-state index in [9.17, 15) is 9.59 Å². The normalized spacial score (nSPS) is 16.2. The van der Waals surface area contributed by atoms with Crippen molar-refractivity contribution in [3.63, 3.8) is 0 Å². The zero-order valence-electron chi connectivity index (χ0n) is 13.4. The number of halogens is 1. The summed E-state index contributed by atoms with van der Waals surface area (Å²) < 4.78 is 0. The highest BCUT2D eigenvalue weighted by Crippen LogP contribution is 2.25. The lowest BCUT2D eigenvalue weighted by Crippen LogP contribution is -2.30. The molecule has 0 spiro atoms. The first-order chi connectivity index (χ1) is 11.5. The van der Waals surface area contributed by atoms with E-state index >= 15 is 0 Å². The van der Waals surface area contributed by atoms with Crippen molar-refractivity contribution in [2.75, 3.05) is 4.90 Å². The van der Waals surface area contributed by atoms with Crippen LogP contribution >= 0.6 is 11.6 Å². The molecule has 3 amide bonds. The number of hydrogen-bond donors (Lipinski definition) is 1. The van der Waals surface area contributed by atoms with E-state index in [0.717, 1.165) is 10.5 Å². The number of rotatable bonds is 3. The molecule has 1 aliphatic rings. The Labute approximate surface area is 145 Å². The topological polar surface area (TPSA) is 49.4 Å². The summed E-state index contributed by atoms with van der Waals surface area (Å²) in [5, 5.41) is 3.08. The van der Waals surface area contributed by atoms with E-state index < -0.39 is 11.9 Å². The van der Waals surface area contributed by atoms with Crippen LogP contribution in [0.15, 0.2) is 54.2 Å². The van der Waals surface area contributed by atoms with Gasteiger partial charge in [-0.25, -0.2) is 9.69 Å². The van der Waals surface area contributed by atoms with Crippen LogP contribution in [0, 0.1) is 0 Å². The standard InChI is InChI=1S/C19H17ClN2O2/c1-12(2)14-8-6-13(7-9-14)10-17-18(23)22(19(24)21-17)16-5-3-4-15(20)11-16/h3-12H,1-2H3,(H,21,24). The molecule has 5 heteroatoms. The van der Waals surface area contributed by atoms with Crippen molar-refractivity contribution in [2.24, 2.45) is 0 Å². The van der Waals surface area contributed by atoms with Crippen LogP contribution in [0.25, 0.3) is 6.08 Å². The first-order valence-corrected chi connectivity index (χ1v) is 8.06. The smallest absolute Gasteiger partial charge is 0.302 e. The van der Waals surface area contributed by atoms with Crippen LogP contribution in [-0.2, 0) is 4.79 Å². The van der Waals surface area contributed by atoms with Crippen LogP contribution in [-0.4, -0.2) is 11.9 Å². The Hall–Kier alpha value is -2.59. The van der Waals surface area contributed by atoms with Gasteiger partial charge in [0, 0.05) is 5.02 Å². The second kappa shape index (κ2) is 6.49. The lowest BCUT2D eigenvalue weighted by atomic mass is 10.0. The van der Waals surface area contributed by atoms with Gasteiger partial charge in [0.05, 0.1) is 5.69 Å². The number of imide groups is 1. The number of amides is 3. The molecular weight excluding hydrogens is 324 g/mol. The highest BCUT2D eigenvalue weighted by atomic mass is 35.5. The predicted octanol–water partition coefficient (Wildman–Crippen LogP) is 4.56. The number of hydrogen-bond acceptors (Lipinski definition) is 2. The monoisotopic (exact) mass is 340 g/mol. The Bertz CT molecular complexity index is 826. The van der Waals surface area contributed by atoms with Crippen molar-refractivity contribution in [2.45, 2.75) is 19.8 Å². The van der Waals surface area contributed by atoms with Crippen molar-refractivity contribution >= 4 is 35.3 Å². The Morgan fingerprint density at radius 1 is 1.08 bits per heavy atom. The molecule has 1 heterocycles. The molecule has 0 radical (unpaired) electrons. The fraction of sp³-hybridized carbons (Fsp3) is 0.158. The first-order valence-electron chi connectivity index (χ1n) is 7.68. The fourth-order valence-electron chi connectivity index (χ4n) is 2.53. The molecule has 1 saturated heterocycles. The van der Waals surface area contributed by atoms with Gasteiger partial charge in [-0.2, -0.15) is 0 Å². The lowest BCUT2D eigenvalue weighted by molar-refractivity contribution is -0.113. The fourth-order valence-corrected chi connectivity index (χ4v) is 2.71. The molecule has 0 aliphatic carbocycles. The van der Waals surface area contributed by atoms with Crippen LogP contribution in [0.2, 0.25) is 5.02 Å². The van der Waals surface area contributed by atoms with Gasteiger partial charge in [0.25, 0.3) is 5.91 Å². The summed E-state index contributed by atoms with van der Waals surface area (Å²) in [7, 11) is 0. The van der Waals surface area contributed by atoms with Gasteiger partial charge in [0.15, 0.2) is 0 Å². The molecule has 0 aromatic heterocycles. The summed E-state index contributed by atoms with van der Waals surface area (Å²) in [5.41, 5.74) is 2.77. The summed E-state index contributed by atoms with van der Waals surface area (Å²) in [6, 6.07) is 14.1. The van der Waals surface area contributed by atoms with E-state index in [0.29, 0.717) is 16.6 Å². The summed E-state index contributed by atoms with van der Waals surface area (Å²) in [5.74, 6) is 0.0491. The van der Waals surface area contributed by atoms with Crippen LogP contribution in [0.3, 0.4) is 0 Å². The Morgan fingerprint density at radius 3 is 2.42 bits per heavy atom. The molecule has 1 aliphatic heterocycles. The summed E-state index contributed by atoms with van der Waals surface area (Å²) in [6.45, 7) is 4.24. The molecule has 2 aromatic carbocycles. The molecule has 0 atom stereocenters. The molecule has 0 bridgehead atoms. The number of nitrogens with one attached hydrogen (secondary N) is 1. The molecule has 4 nitrogen and oxygen atoms in total. The molecule has 2 aromatic rings. The maximum Gasteiger partial charge on any atom is 0.333 e. The zero-order chi connectivity index (χ0) is 17.3. The van der Waals surface area contributed by atoms with Gasteiger partial charge >= 0.3 is 6.03 Å². The minimum Gasteiger partial charge on any atom is -0.302 e. The third kappa shape index (κ3) is 3.19. The maximum atomic E-state index is 12.5. The van der Waals surface area contributed by atoms with E-state index in [1.54, 1.807) is 30.3 Å². The van der Waals surface area contributed by atoms with Crippen molar-refractivity contribution in [1.29, 1.82) is 0 Å². The molecule has 1 fully saturated rings. The molecule has 122 valence electrons. The second-order valence-electron chi connectivity index (χ2n) is 5.93. The van der Waals surface area contributed by atoms with Gasteiger partial charge in [-0.3, -0.25) is 4.79 Å². The third-order valence-electron chi connectivity index (χ3n) is 3.86. The SMILES string of the molecule is CC(C)c1ccc(C=C2NC(=O)N(c3cccc(Cl)c3)C2=O)cc1. The zero-order valence-corrected chi connectivity index (χ0v) is 14.2. The van der Waals surface area contributed by atoms with Gasteiger partial charge in [0.1, 0.15) is 5.70 Å². The average molecular weight is 341 g/mol. The van der Waals surface area contributed by atoms with Crippen LogP contribution in [0.4, 0.5) is 10.5 Å². The van der Waals surface area contributed by atoms with Gasteiger partial charge in [0.2, 0.25) is 0 Å². The minimum absolute atomic E-state index is 0.247. The molecular formula is C19H17ClN2O2. The Morgan fingerprint density at radius 2 is 1.79 bits per heavy atom. The van der Waals surface area contributed by atoms with Crippen LogP contribution < -0.4 is 10.2 Å². The van der Waals surface area contributed by atoms with E-state index in [1.807, 2.05) is 24.3 Å². The number of carbonyl (C=O) groups excluding carboxylic acids is 2. The molecule has 1 N–H and O–H groups in total. The number of anilines is 1. The first kappa shape index (κ1) is 16.3. The van der Waals surface area contributed by atoms with Gasteiger partial charge in [-0.05, 0) is 41.3 Å². The Balaban J connectivity index is 1.88. The molecule has 0 saturated carbocycles. The van der Waals surface area contributed by atoms with Crippen LogP contribution in [0.5, 0.6) is 0 Å². The van der Waals surface area contributed by atoms with E-state index in [4.69, 9.17) is 11.6 Å². The van der Waals surface area contributed by atoms with Gasteiger partial charge in [-0.15, -0.1) is 0 Å². The van der Waals surface area contributed by atoms with Gasteiger partial charge in [-0.1, -0.05) is 55.8 Å². The molecule has 3 rings (SSSR count). The van der Waals surface area contributed by atoms with Crippen LogP contribution in [0.1, 0.15) is 30.9 Å². The summed E-state index contributed by atoms with van der Waals surface area (Å²) in [4.78, 5) is 25.8. The average Bonchev–Trinajstić information content (AvgIpc) is 2.82. The second-order valence-corrected chi connectivity index (χ2v) is 6.37. The largest absolute Gasteiger partial charge is 0.333 e. The summed E-state index contributed by atoms with van der Waals surface area (Å²) >= 11 is 5.94. The van der Waals surface area contributed by atoms with E-state index in [-0.39, 0.29) is 5.70 Å². The number of carbonyl (C=O) groups is 2. The number of benzene rings is 2. The minimum atomic E-state index is -0.479. The van der Waals surface area contributed by atoms with Crippen molar-refractivity contribution < 1.29 is 9.59 Å². The molecule has 24 heavy (non-hydrogen) atoms. The summed E-state index contributed by atoms with van der Waals surface area (Å²) in [6.07, 6.45) is 1.68.